The minimum atomic E-state index is -0.269. The van der Waals surface area contributed by atoms with Crippen LogP contribution in [0.3, 0.4) is 0 Å². The molecule has 1 saturated heterocycles. The Morgan fingerprint density at radius 1 is 1.80 bits per heavy atom. The number of rotatable bonds is 2. The van der Waals surface area contributed by atoms with Crippen LogP contribution in [0.2, 0.25) is 0 Å². The monoisotopic (exact) mass is 145 g/mol. The van der Waals surface area contributed by atoms with Gasteiger partial charge in [0.2, 0.25) is 0 Å². The fourth-order valence-corrected chi connectivity index (χ4v) is 1.33. The predicted molar refractivity (Wildman–Crippen MR) is 38.7 cm³/mol. The number of aliphatic hydroxyl groups is 1. The molecule has 1 fully saturated rings. The quantitative estimate of drug-likeness (QED) is 0.569. The van der Waals surface area contributed by atoms with Crippen LogP contribution in [0.25, 0.3) is 0 Å². The van der Waals surface area contributed by atoms with Gasteiger partial charge in [-0.05, 0) is 19.8 Å². The van der Waals surface area contributed by atoms with Crippen LogP contribution in [0.1, 0.15) is 19.8 Å². The zero-order chi connectivity index (χ0) is 7.61. The standard InChI is InChI=1S/C7H15NO2/c1-6-7(8,2-4-9)3-5-10-6/h6,9H,2-5,8H2,1H3. The molecule has 0 radical (unpaired) electrons. The Balaban J connectivity index is 2.48. The molecule has 0 saturated carbocycles. The highest BCUT2D eigenvalue weighted by molar-refractivity contribution is 4.93. The van der Waals surface area contributed by atoms with Crippen LogP contribution < -0.4 is 5.73 Å². The first-order valence-corrected chi connectivity index (χ1v) is 3.70. The minimum absolute atomic E-state index is 0.0969. The lowest BCUT2D eigenvalue weighted by Crippen LogP contribution is -2.46. The fourth-order valence-electron chi connectivity index (χ4n) is 1.33. The van der Waals surface area contributed by atoms with Crippen molar-refractivity contribution in [3.05, 3.63) is 0 Å². The van der Waals surface area contributed by atoms with Crippen molar-refractivity contribution in [2.45, 2.75) is 31.4 Å². The van der Waals surface area contributed by atoms with Crippen LogP contribution in [0.15, 0.2) is 0 Å². The number of ether oxygens (including phenoxy) is 1. The molecule has 2 unspecified atom stereocenters. The summed E-state index contributed by atoms with van der Waals surface area (Å²) >= 11 is 0. The summed E-state index contributed by atoms with van der Waals surface area (Å²) in [6.45, 7) is 2.85. The maximum absolute atomic E-state index is 8.67. The van der Waals surface area contributed by atoms with Crippen molar-refractivity contribution in [3.8, 4) is 0 Å². The topological polar surface area (TPSA) is 55.5 Å². The molecule has 60 valence electrons. The molecule has 0 bridgehead atoms. The zero-order valence-electron chi connectivity index (χ0n) is 6.34. The van der Waals surface area contributed by atoms with Crippen LogP contribution in [0, 0.1) is 0 Å². The van der Waals surface area contributed by atoms with Gasteiger partial charge in [-0.1, -0.05) is 0 Å². The van der Waals surface area contributed by atoms with Crippen LogP contribution in [0.4, 0.5) is 0 Å². The van der Waals surface area contributed by atoms with Crippen molar-refractivity contribution in [3.63, 3.8) is 0 Å². The zero-order valence-corrected chi connectivity index (χ0v) is 6.34. The van der Waals surface area contributed by atoms with E-state index in [1.165, 1.54) is 0 Å². The van der Waals surface area contributed by atoms with Gasteiger partial charge in [0, 0.05) is 18.8 Å². The summed E-state index contributed by atoms with van der Waals surface area (Å²) in [7, 11) is 0. The summed E-state index contributed by atoms with van der Waals surface area (Å²) < 4.78 is 5.28. The van der Waals surface area contributed by atoms with Crippen molar-refractivity contribution in [2.75, 3.05) is 13.2 Å². The van der Waals surface area contributed by atoms with E-state index in [-0.39, 0.29) is 18.2 Å². The van der Waals surface area contributed by atoms with Gasteiger partial charge in [-0.2, -0.15) is 0 Å². The molecule has 0 spiro atoms. The van der Waals surface area contributed by atoms with Gasteiger partial charge < -0.3 is 15.6 Å². The molecule has 0 aromatic carbocycles. The molecule has 3 nitrogen and oxygen atoms in total. The van der Waals surface area contributed by atoms with Crippen molar-refractivity contribution in [1.29, 1.82) is 0 Å². The summed E-state index contributed by atoms with van der Waals surface area (Å²) in [5, 5.41) is 8.67. The SMILES string of the molecule is CC1OCCC1(N)CCO. The summed E-state index contributed by atoms with van der Waals surface area (Å²) in [4.78, 5) is 0. The maximum atomic E-state index is 8.67. The third-order valence-electron chi connectivity index (χ3n) is 2.32. The summed E-state index contributed by atoms with van der Waals surface area (Å²) in [5.41, 5.74) is 5.66. The van der Waals surface area contributed by atoms with Crippen LogP contribution in [-0.4, -0.2) is 30.0 Å². The smallest absolute Gasteiger partial charge is 0.0728 e. The summed E-state index contributed by atoms with van der Waals surface area (Å²) in [6.07, 6.45) is 1.61. The van der Waals surface area contributed by atoms with Crippen molar-refractivity contribution in [1.82, 2.24) is 0 Å². The molecular formula is C7H15NO2. The van der Waals surface area contributed by atoms with Gasteiger partial charge in [0.25, 0.3) is 0 Å². The van der Waals surface area contributed by atoms with Crippen molar-refractivity contribution < 1.29 is 9.84 Å². The van der Waals surface area contributed by atoms with E-state index in [1.54, 1.807) is 0 Å². The number of aliphatic hydroxyl groups excluding tert-OH is 1. The van der Waals surface area contributed by atoms with E-state index >= 15 is 0 Å². The minimum Gasteiger partial charge on any atom is -0.396 e. The predicted octanol–water partition coefficient (Wildman–Crippen LogP) is -0.125. The van der Waals surface area contributed by atoms with Gasteiger partial charge in [-0.15, -0.1) is 0 Å². The second-order valence-electron chi connectivity index (χ2n) is 2.97. The molecule has 10 heavy (non-hydrogen) atoms. The molecule has 0 aromatic rings. The normalized spacial score (nSPS) is 40.5. The van der Waals surface area contributed by atoms with Gasteiger partial charge >= 0.3 is 0 Å². The van der Waals surface area contributed by atoms with Crippen LogP contribution >= 0.6 is 0 Å². The van der Waals surface area contributed by atoms with Crippen LogP contribution in [0.5, 0.6) is 0 Å². The van der Waals surface area contributed by atoms with E-state index in [4.69, 9.17) is 15.6 Å². The fraction of sp³-hybridized carbons (Fsp3) is 1.00. The Kier molecular flexibility index (Phi) is 2.28. The Morgan fingerprint density at radius 3 is 2.90 bits per heavy atom. The third kappa shape index (κ3) is 1.31. The lowest BCUT2D eigenvalue weighted by Gasteiger charge is -2.25. The second kappa shape index (κ2) is 2.86. The molecule has 1 aliphatic heterocycles. The van der Waals surface area contributed by atoms with E-state index in [1.807, 2.05) is 6.92 Å². The average molecular weight is 145 g/mol. The second-order valence-corrected chi connectivity index (χ2v) is 2.97. The van der Waals surface area contributed by atoms with Gasteiger partial charge in [-0.3, -0.25) is 0 Å². The Bertz CT molecular complexity index is 118. The van der Waals surface area contributed by atoms with Crippen molar-refractivity contribution >= 4 is 0 Å². The first-order valence-electron chi connectivity index (χ1n) is 3.70. The van der Waals surface area contributed by atoms with E-state index < -0.39 is 0 Å². The molecule has 2 atom stereocenters. The maximum Gasteiger partial charge on any atom is 0.0728 e. The molecule has 1 heterocycles. The third-order valence-corrected chi connectivity index (χ3v) is 2.32. The highest BCUT2D eigenvalue weighted by Gasteiger charge is 2.36. The lowest BCUT2D eigenvalue weighted by molar-refractivity contribution is 0.0858. The molecule has 0 aliphatic carbocycles. The summed E-state index contributed by atoms with van der Waals surface area (Å²) in [6, 6.07) is 0. The Labute approximate surface area is 61.2 Å². The highest BCUT2D eigenvalue weighted by Crippen LogP contribution is 2.25. The van der Waals surface area contributed by atoms with E-state index in [0.29, 0.717) is 6.42 Å². The van der Waals surface area contributed by atoms with Gasteiger partial charge in [0.1, 0.15) is 0 Å². The van der Waals surface area contributed by atoms with Gasteiger partial charge in [0.15, 0.2) is 0 Å². The molecule has 1 rings (SSSR count). The lowest BCUT2D eigenvalue weighted by atomic mass is 9.90. The Morgan fingerprint density at radius 2 is 2.50 bits per heavy atom. The van der Waals surface area contributed by atoms with Crippen LogP contribution in [-0.2, 0) is 4.74 Å². The van der Waals surface area contributed by atoms with E-state index in [2.05, 4.69) is 0 Å². The Hall–Kier alpha value is -0.120. The van der Waals surface area contributed by atoms with Crippen molar-refractivity contribution in [2.24, 2.45) is 5.73 Å². The number of hydrogen-bond acceptors (Lipinski definition) is 3. The first kappa shape index (κ1) is 7.98. The van der Waals surface area contributed by atoms with E-state index in [0.717, 1.165) is 13.0 Å². The van der Waals surface area contributed by atoms with E-state index in [9.17, 15) is 0 Å². The van der Waals surface area contributed by atoms with Gasteiger partial charge in [-0.25, -0.2) is 0 Å². The largest absolute Gasteiger partial charge is 0.396 e. The molecule has 1 aliphatic rings. The molecular weight excluding hydrogens is 130 g/mol. The molecule has 3 N–H and O–H groups in total. The molecule has 0 amide bonds. The molecule has 3 heteroatoms. The number of nitrogens with two attached hydrogens (primary N) is 1. The molecule has 0 aromatic heterocycles. The average Bonchev–Trinajstić information content (AvgIpc) is 2.15. The summed E-state index contributed by atoms with van der Waals surface area (Å²) in [5.74, 6) is 0. The number of hydrogen-bond donors (Lipinski definition) is 2. The van der Waals surface area contributed by atoms with Gasteiger partial charge in [0.05, 0.1) is 6.10 Å². The first-order chi connectivity index (χ1) is 4.69. The highest BCUT2D eigenvalue weighted by atomic mass is 16.5.